The minimum absolute atomic E-state index is 0.258. The van der Waals surface area contributed by atoms with E-state index in [1.54, 1.807) is 0 Å². The summed E-state index contributed by atoms with van der Waals surface area (Å²) in [6.45, 7) is 2.42. The van der Waals surface area contributed by atoms with Crippen LogP contribution in [0.5, 0.6) is 0 Å². The Hall–Kier alpha value is -0.610. The van der Waals surface area contributed by atoms with Crippen molar-refractivity contribution in [1.29, 1.82) is 0 Å². The first kappa shape index (κ1) is 8.97. The summed E-state index contributed by atoms with van der Waals surface area (Å²) in [6.07, 6.45) is 2.79. The number of likely N-dealkylation sites (tertiary alicyclic amines) is 1. The molecule has 2 fully saturated rings. The van der Waals surface area contributed by atoms with Gasteiger partial charge in [0, 0.05) is 12.6 Å². The lowest BCUT2D eigenvalue weighted by atomic mass is 10.1. The SMILES string of the molecule is O=C(O)C1CCCN1C1CCOC1. The summed E-state index contributed by atoms with van der Waals surface area (Å²) >= 11 is 0. The molecule has 1 N–H and O–H groups in total. The van der Waals surface area contributed by atoms with Gasteiger partial charge in [-0.2, -0.15) is 0 Å². The van der Waals surface area contributed by atoms with Gasteiger partial charge in [-0.05, 0) is 25.8 Å². The third kappa shape index (κ3) is 1.69. The molecular formula is C9H15NO3. The van der Waals surface area contributed by atoms with Crippen LogP contribution in [0, 0.1) is 0 Å². The second-order valence-electron chi connectivity index (χ2n) is 3.75. The fraction of sp³-hybridized carbons (Fsp3) is 0.889. The van der Waals surface area contributed by atoms with E-state index in [0.29, 0.717) is 12.6 Å². The van der Waals surface area contributed by atoms with E-state index in [1.807, 2.05) is 0 Å². The number of ether oxygens (including phenoxy) is 1. The summed E-state index contributed by atoms with van der Waals surface area (Å²) in [7, 11) is 0. The maximum atomic E-state index is 10.9. The molecule has 2 saturated heterocycles. The monoisotopic (exact) mass is 185 g/mol. The van der Waals surface area contributed by atoms with Crippen molar-refractivity contribution < 1.29 is 14.6 Å². The van der Waals surface area contributed by atoms with E-state index in [2.05, 4.69) is 4.90 Å². The van der Waals surface area contributed by atoms with Crippen molar-refractivity contribution in [3.05, 3.63) is 0 Å². The van der Waals surface area contributed by atoms with Crippen LogP contribution in [0.25, 0.3) is 0 Å². The third-order valence-corrected chi connectivity index (χ3v) is 2.95. The highest BCUT2D eigenvalue weighted by Crippen LogP contribution is 2.24. The van der Waals surface area contributed by atoms with Gasteiger partial charge < -0.3 is 9.84 Å². The number of hydrogen-bond donors (Lipinski definition) is 1. The summed E-state index contributed by atoms with van der Waals surface area (Å²) < 4.78 is 5.26. The predicted octanol–water partition coefficient (Wildman–Crippen LogP) is 0.324. The van der Waals surface area contributed by atoms with Crippen molar-refractivity contribution in [3.63, 3.8) is 0 Å². The van der Waals surface area contributed by atoms with Gasteiger partial charge in [0.25, 0.3) is 0 Å². The zero-order valence-corrected chi connectivity index (χ0v) is 7.61. The molecule has 2 aliphatic rings. The van der Waals surface area contributed by atoms with Gasteiger partial charge in [0.15, 0.2) is 0 Å². The van der Waals surface area contributed by atoms with E-state index >= 15 is 0 Å². The van der Waals surface area contributed by atoms with Crippen molar-refractivity contribution in [3.8, 4) is 0 Å². The summed E-state index contributed by atoms with van der Waals surface area (Å²) in [5.41, 5.74) is 0. The average Bonchev–Trinajstić information content (AvgIpc) is 2.74. The molecule has 2 atom stereocenters. The van der Waals surface area contributed by atoms with E-state index in [1.165, 1.54) is 0 Å². The zero-order valence-electron chi connectivity index (χ0n) is 7.61. The van der Waals surface area contributed by atoms with Crippen LogP contribution >= 0.6 is 0 Å². The van der Waals surface area contributed by atoms with Crippen LogP contribution in [0.1, 0.15) is 19.3 Å². The Labute approximate surface area is 77.5 Å². The molecule has 0 aromatic heterocycles. The van der Waals surface area contributed by atoms with E-state index in [-0.39, 0.29) is 6.04 Å². The second kappa shape index (κ2) is 3.64. The molecule has 2 rings (SSSR count). The number of carboxylic acids is 1. The number of carboxylic acid groups (broad SMARTS) is 1. The van der Waals surface area contributed by atoms with Gasteiger partial charge in [0.1, 0.15) is 6.04 Å². The Morgan fingerprint density at radius 2 is 2.31 bits per heavy atom. The first-order valence-corrected chi connectivity index (χ1v) is 4.85. The van der Waals surface area contributed by atoms with Crippen LogP contribution in [0.15, 0.2) is 0 Å². The highest BCUT2D eigenvalue weighted by molar-refractivity contribution is 5.73. The Balaban J connectivity index is 2.00. The van der Waals surface area contributed by atoms with Gasteiger partial charge in [0.2, 0.25) is 0 Å². The molecule has 0 spiro atoms. The predicted molar refractivity (Wildman–Crippen MR) is 46.6 cm³/mol. The van der Waals surface area contributed by atoms with Gasteiger partial charge in [-0.3, -0.25) is 9.69 Å². The molecule has 0 saturated carbocycles. The van der Waals surface area contributed by atoms with Crippen LogP contribution in [-0.2, 0) is 9.53 Å². The number of hydrogen-bond acceptors (Lipinski definition) is 3. The number of carbonyl (C=O) groups is 1. The van der Waals surface area contributed by atoms with Crippen LogP contribution in [0.3, 0.4) is 0 Å². The molecule has 0 aromatic rings. The summed E-state index contributed by atoms with van der Waals surface area (Å²) in [5.74, 6) is -0.676. The molecular weight excluding hydrogens is 170 g/mol. The minimum atomic E-state index is -0.676. The van der Waals surface area contributed by atoms with Gasteiger partial charge in [-0.15, -0.1) is 0 Å². The van der Waals surface area contributed by atoms with Gasteiger partial charge in [-0.1, -0.05) is 0 Å². The van der Waals surface area contributed by atoms with Gasteiger partial charge >= 0.3 is 5.97 Å². The van der Waals surface area contributed by atoms with Crippen molar-refractivity contribution in [1.82, 2.24) is 4.90 Å². The highest BCUT2D eigenvalue weighted by Gasteiger charge is 2.36. The van der Waals surface area contributed by atoms with Crippen molar-refractivity contribution in [2.45, 2.75) is 31.3 Å². The van der Waals surface area contributed by atoms with Crippen molar-refractivity contribution >= 4 is 5.97 Å². The molecule has 0 amide bonds. The van der Waals surface area contributed by atoms with Gasteiger partial charge in [-0.25, -0.2) is 0 Å². The molecule has 4 heteroatoms. The molecule has 2 unspecified atom stereocenters. The van der Waals surface area contributed by atoms with Crippen LogP contribution in [0.2, 0.25) is 0 Å². The lowest BCUT2D eigenvalue weighted by Crippen LogP contribution is -2.43. The molecule has 2 heterocycles. The molecule has 13 heavy (non-hydrogen) atoms. The lowest BCUT2D eigenvalue weighted by Gasteiger charge is -2.26. The van der Waals surface area contributed by atoms with E-state index in [0.717, 1.165) is 32.4 Å². The lowest BCUT2D eigenvalue weighted by molar-refractivity contribution is -0.142. The Kier molecular flexibility index (Phi) is 2.51. The second-order valence-corrected chi connectivity index (χ2v) is 3.75. The van der Waals surface area contributed by atoms with Crippen LogP contribution in [-0.4, -0.2) is 47.8 Å². The van der Waals surface area contributed by atoms with Gasteiger partial charge in [0.05, 0.1) is 6.61 Å². The van der Waals surface area contributed by atoms with E-state index in [4.69, 9.17) is 9.84 Å². The molecule has 0 bridgehead atoms. The Morgan fingerprint density at radius 1 is 1.46 bits per heavy atom. The molecule has 0 aromatic carbocycles. The fourth-order valence-electron chi connectivity index (χ4n) is 2.27. The van der Waals surface area contributed by atoms with E-state index in [9.17, 15) is 4.79 Å². The highest BCUT2D eigenvalue weighted by atomic mass is 16.5. The molecule has 0 aliphatic carbocycles. The molecule has 2 aliphatic heterocycles. The maximum Gasteiger partial charge on any atom is 0.320 e. The summed E-state index contributed by atoms with van der Waals surface area (Å²) in [5, 5.41) is 8.96. The van der Waals surface area contributed by atoms with E-state index < -0.39 is 5.97 Å². The number of aliphatic carboxylic acids is 1. The molecule has 0 radical (unpaired) electrons. The number of nitrogens with zero attached hydrogens (tertiary/aromatic N) is 1. The number of rotatable bonds is 2. The van der Waals surface area contributed by atoms with Crippen molar-refractivity contribution in [2.75, 3.05) is 19.8 Å². The maximum absolute atomic E-state index is 10.9. The standard InChI is InChI=1S/C9H15NO3/c11-9(12)8-2-1-4-10(8)7-3-5-13-6-7/h7-8H,1-6H2,(H,11,12). The first-order chi connectivity index (χ1) is 6.29. The fourth-order valence-corrected chi connectivity index (χ4v) is 2.27. The normalized spacial score (nSPS) is 35.4. The Morgan fingerprint density at radius 3 is 2.92 bits per heavy atom. The largest absolute Gasteiger partial charge is 0.480 e. The molecule has 74 valence electrons. The summed E-state index contributed by atoms with van der Waals surface area (Å²) in [4.78, 5) is 13.0. The third-order valence-electron chi connectivity index (χ3n) is 2.95. The molecule has 4 nitrogen and oxygen atoms in total. The summed E-state index contributed by atoms with van der Waals surface area (Å²) in [6, 6.07) is 0.0929. The quantitative estimate of drug-likeness (QED) is 0.673. The van der Waals surface area contributed by atoms with Crippen molar-refractivity contribution in [2.24, 2.45) is 0 Å². The van der Waals surface area contributed by atoms with Crippen LogP contribution < -0.4 is 0 Å². The van der Waals surface area contributed by atoms with Crippen LogP contribution in [0.4, 0.5) is 0 Å². The topological polar surface area (TPSA) is 49.8 Å². The minimum Gasteiger partial charge on any atom is -0.480 e. The smallest absolute Gasteiger partial charge is 0.320 e. The zero-order chi connectivity index (χ0) is 9.26. The Bertz CT molecular complexity index is 201. The first-order valence-electron chi connectivity index (χ1n) is 4.85. The average molecular weight is 185 g/mol.